The van der Waals surface area contributed by atoms with Crippen LogP contribution in [0.3, 0.4) is 0 Å². The summed E-state index contributed by atoms with van der Waals surface area (Å²) in [4.78, 5) is 0. The highest BCUT2D eigenvalue weighted by Gasteiger charge is 2.44. The van der Waals surface area contributed by atoms with Crippen molar-refractivity contribution in [1.82, 2.24) is 0 Å². The molecule has 0 aliphatic rings. The molecular weight excluding hydrogens is 621 g/mol. The quantitative estimate of drug-likeness (QED) is 0.207. The molecule has 0 aromatic carbocycles. The minimum absolute atomic E-state index is 0.487. The highest BCUT2D eigenvalue weighted by molar-refractivity contribution is 7.81. The highest BCUT2D eigenvalue weighted by Crippen LogP contribution is 2.23. The smallest absolute Gasteiger partial charge is 0.395 e. The average molecular weight is 650 g/mol. The van der Waals surface area contributed by atoms with E-state index in [2.05, 4.69) is 0 Å². The van der Waals surface area contributed by atoms with Crippen LogP contribution in [0, 0.1) is 0 Å². The Hall–Kier alpha value is 2.83. The number of hydrogen-bond acceptors (Lipinski definition) is 7. The van der Waals surface area contributed by atoms with Crippen LogP contribution in [0.25, 0.3) is 0 Å². The summed E-state index contributed by atoms with van der Waals surface area (Å²) in [5, 5.41) is -2.72. The summed E-state index contributed by atoms with van der Waals surface area (Å²) >= 11 is 36.8. The van der Waals surface area contributed by atoms with Crippen molar-refractivity contribution in [3.05, 3.63) is 0 Å². The fraction of sp³-hybridized carbons (Fsp3) is 1.00. The van der Waals surface area contributed by atoms with Gasteiger partial charge >= 0.3 is 22.5 Å². The fourth-order valence-corrected chi connectivity index (χ4v) is 10.3. The molecule has 0 saturated heterocycles. The summed E-state index contributed by atoms with van der Waals surface area (Å²) in [7, 11) is -7.88. The Morgan fingerprint density at radius 2 is 0.828 bits per heavy atom. The third-order valence-corrected chi connectivity index (χ3v) is 12.5. The molecule has 0 aromatic heterocycles. The Kier molecular flexibility index (Phi) is 28.4. The molecule has 0 atom stereocenters. The van der Waals surface area contributed by atoms with Crippen molar-refractivity contribution in [3.63, 3.8) is 0 Å². The molecule has 0 aliphatic carbocycles. The molecule has 0 radical (unpaired) electrons. The minimum Gasteiger partial charge on any atom is -0.395 e. The number of rotatable bonds is 14. The van der Waals surface area contributed by atoms with Gasteiger partial charge < -0.3 is 30.4 Å². The molecule has 0 fully saturated rings. The topological polar surface area (TPSA) is 64.6 Å². The van der Waals surface area contributed by atoms with E-state index in [1.165, 1.54) is 0 Å². The van der Waals surface area contributed by atoms with Crippen molar-refractivity contribution < 1.29 is 30.4 Å². The van der Waals surface area contributed by atoms with E-state index in [0.717, 1.165) is 0 Å². The van der Waals surface area contributed by atoms with Gasteiger partial charge in [-0.3, -0.25) is 0 Å². The fourth-order valence-electron chi connectivity index (χ4n) is 1.38. The Morgan fingerprint density at radius 3 is 1.03 bits per heavy atom. The van der Waals surface area contributed by atoms with Crippen LogP contribution < -0.4 is 0 Å². The molecule has 0 aromatic rings. The largest absolute Gasteiger partial charge is 0.669 e. The molecule has 0 saturated carbocycles. The molecule has 0 unspecified atom stereocenters. The molecule has 0 bridgehead atoms. The van der Waals surface area contributed by atoms with Gasteiger partial charge in [0, 0.05) is 33.0 Å². The van der Waals surface area contributed by atoms with Crippen LogP contribution in [-0.4, -0.2) is 73.7 Å². The van der Waals surface area contributed by atoms with Gasteiger partial charge in [0.15, 0.2) is 0 Å². The molecule has 0 N–H and O–H groups in total. The predicted octanol–water partition coefficient (Wildman–Crippen LogP) is 4.15. The summed E-state index contributed by atoms with van der Waals surface area (Å²) in [6.45, 7) is 11.8. The van der Waals surface area contributed by atoms with Crippen LogP contribution >= 0.6 is 77.6 Å². The zero-order valence-corrected chi connectivity index (χ0v) is 28.1. The van der Waals surface area contributed by atoms with E-state index in [1.807, 2.05) is 34.6 Å². The first-order valence-electron chi connectivity index (χ1n) is 8.46. The van der Waals surface area contributed by atoms with Crippen molar-refractivity contribution in [3.8, 4) is 0 Å². The lowest BCUT2D eigenvalue weighted by Gasteiger charge is -2.26. The normalized spacial score (nSPS) is 12.8. The Balaban J connectivity index is -0.000000383. The average Bonchev–Trinajstić information content (AvgIpc) is 2.55. The van der Waals surface area contributed by atoms with Gasteiger partial charge in [-0.05, 0) is 34.6 Å². The Bertz CT molecular complexity index is 311. The molecule has 7 nitrogen and oxygen atoms in total. The summed E-state index contributed by atoms with van der Waals surface area (Å²) in [5.74, 6) is 0. The van der Waals surface area contributed by atoms with Gasteiger partial charge in [-0.15, -0.1) is 66.5 Å². The maximum absolute atomic E-state index is 5.86. The van der Waals surface area contributed by atoms with Gasteiger partial charge in [0.05, 0.1) is 0 Å². The van der Waals surface area contributed by atoms with E-state index >= 15 is 0 Å². The highest BCUT2D eigenvalue weighted by atomic mass is 36.0. The third-order valence-electron chi connectivity index (χ3n) is 2.06. The van der Waals surface area contributed by atoms with E-state index in [4.69, 9.17) is 108 Å². The van der Waals surface area contributed by atoms with Crippen LogP contribution in [0.15, 0.2) is 0 Å². The van der Waals surface area contributed by atoms with Gasteiger partial charge in [-0.2, -0.15) is 0 Å². The van der Waals surface area contributed by atoms with E-state index < -0.39 is 40.6 Å². The summed E-state index contributed by atoms with van der Waals surface area (Å²) in [6.07, 6.45) is 0. The number of hydrogen-bond donors (Lipinski definition) is 0. The van der Waals surface area contributed by atoms with E-state index in [1.54, 1.807) is 0 Å². The molecule has 0 amide bonds. The van der Waals surface area contributed by atoms with E-state index in [-0.39, 0.29) is 0 Å². The second-order valence-electron chi connectivity index (χ2n) is 4.08. The Morgan fingerprint density at radius 1 is 0.552 bits per heavy atom. The second kappa shape index (κ2) is 22.6. The first-order valence-corrected chi connectivity index (χ1v) is 24.3. The van der Waals surface area contributed by atoms with Crippen molar-refractivity contribution in [2.45, 2.75) is 34.6 Å². The SMILES string of the molecule is CCO[Si](Cl)(OCC)O[SiH2]Cl.CCO[Si](OCC)(OCC)O[SiH2]Cl.Cl[Si](Cl)(Cl)Cl. The maximum Gasteiger partial charge on any atom is 0.669 e. The predicted molar refractivity (Wildman–Crippen MR) is 136 cm³/mol. The van der Waals surface area contributed by atoms with Crippen molar-refractivity contribution in [2.24, 2.45) is 0 Å². The lowest BCUT2D eigenvalue weighted by atomic mass is 10.9. The van der Waals surface area contributed by atoms with Gasteiger partial charge in [0.25, 0.3) is 18.1 Å². The molecule has 19 heteroatoms. The number of halogens is 7. The molecule has 0 rings (SSSR count). The van der Waals surface area contributed by atoms with Crippen LogP contribution in [0.4, 0.5) is 0 Å². The van der Waals surface area contributed by atoms with Crippen LogP contribution in [-0.2, 0) is 30.4 Å². The van der Waals surface area contributed by atoms with Gasteiger partial charge in [0.1, 0.15) is 0 Å². The maximum atomic E-state index is 5.86. The molecular formula is C10H29Cl7O7Si5. The summed E-state index contributed by atoms with van der Waals surface area (Å²) in [5.41, 5.74) is 0. The van der Waals surface area contributed by atoms with E-state index in [9.17, 15) is 0 Å². The van der Waals surface area contributed by atoms with Crippen molar-refractivity contribution >= 4 is 118 Å². The van der Waals surface area contributed by atoms with Crippen LogP contribution in [0.1, 0.15) is 34.6 Å². The zero-order valence-electron chi connectivity index (χ0n) is 17.0. The molecule has 0 heterocycles. The van der Waals surface area contributed by atoms with Crippen molar-refractivity contribution in [1.29, 1.82) is 0 Å². The molecule has 29 heavy (non-hydrogen) atoms. The lowest BCUT2D eigenvalue weighted by molar-refractivity contribution is 0.0116. The minimum atomic E-state index is -2.87. The Labute approximate surface area is 214 Å². The van der Waals surface area contributed by atoms with Crippen molar-refractivity contribution in [2.75, 3.05) is 33.0 Å². The van der Waals surface area contributed by atoms with Crippen LogP contribution in [0.5, 0.6) is 0 Å². The zero-order chi connectivity index (χ0) is 23.4. The molecule has 0 aliphatic heterocycles. The lowest BCUT2D eigenvalue weighted by Crippen LogP contribution is -2.49. The summed E-state index contributed by atoms with van der Waals surface area (Å²) < 4.78 is 36.8. The standard InChI is InChI=1S/C6H17ClO4Si2.C4H12Cl2O3Si2.Cl4Si/c1-4-8-13(9-5-2,10-6-3)11-12-7;1-3-7-11(6,8-4-2)9-10-5;1-5(2,3)4/h4-6,12H2,1-3H3;3-4,10H2,1-2H3;. The monoisotopic (exact) mass is 646 g/mol. The second-order valence-corrected chi connectivity index (χ2v) is 24.1. The van der Waals surface area contributed by atoms with Gasteiger partial charge in [-0.1, -0.05) is 11.1 Å². The van der Waals surface area contributed by atoms with E-state index in [0.29, 0.717) is 33.0 Å². The van der Waals surface area contributed by atoms with Crippen LogP contribution in [0.2, 0.25) is 0 Å². The first kappa shape index (κ1) is 36.4. The van der Waals surface area contributed by atoms with Gasteiger partial charge in [-0.25, -0.2) is 0 Å². The summed E-state index contributed by atoms with van der Waals surface area (Å²) in [6, 6.07) is 0. The first-order chi connectivity index (χ1) is 13.4. The third kappa shape index (κ3) is 27.0. The van der Waals surface area contributed by atoms with Gasteiger partial charge in [0.2, 0.25) is 0 Å². The molecule has 180 valence electrons. The molecule has 0 spiro atoms.